The summed E-state index contributed by atoms with van der Waals surface area (Å²) < 4.78 is 2.98. The molecule has 4 nitrogen and oxygen atoms in total. The first kappa shape index (κ1) is 13.6. The maximum Gasteiger partial charge on any atom is 0.270 e. The highest BCUT2D eigenvalue weighted by atomic mass is 79.9. The summed E-state index contributed by atoms with van der Waals surface area (Å²) in [5.74, 6) is 0.101. The van der Waals surface area contributed by atoms with E-state index in [4.69, 9.17) is 5.73 Å². The molecular weight excluding hydrogens is 294 g/mol. The van der Waals surface area contributed by atoms with Gasteiger partial charge in [0.05, 0.1) is 0 Å². The van der Waals surface area contributed by atoms with E-state index in [1.807, 2.05) is 21.7 Å². The van der Waals surface area contributed by atoms with Crippen LogP contribution in [0.5, 0.6) is 0 Å². The topological polar surface area (TPSA) is 51.3 Å². The van der Waals surface area contributed by atoms with Crippen LogP contribution in [0.2, 0.25) is 0 Å². The molecular formula is C13H20BrN3O. The summed E-state index contributed by atoms with van der Waals surface area (Å²) in [6, 6.07) is 2.03. The van der Waals surface area contributed by atoms with Crippen molar-refractivity contribution in [3.8, 4) is 0 Å². The van der Waals surface area contributed by atoms with Crippen molar-refractivity contribution in [2.45, 2.75) is 38.8 Å². The summed E-state index contributed by atoms with van der Waals surface area (Å²) in [7, 11) is 0. The van der Waals surface area contributed by atoms with Gasteiger partial charge in [0.2, 0.25) is 0 Å². The summed E-state index contributed by atoms with van der Waals surface area (Å²) in [4.78, 5) is 14.4. The van der Waals surface area contributed by atoms with E-state index in [-0.39, 0.29) is 11.9 Å². The van der Waals surface area contributed by atoms with Crippen LogP contribution >= 0.6 is 15.9 Å². The van der Waals surface area contributed by atoms with Crippen LogP contribution in [0.4, 0.5) is 0 Å². The number of nitrogens with two attached hydrogens (primary N) is 1. The normalized spacial score (nSPS) is 20.2. The van der Waals surface area contributed by atoms with Crippen molar-refractivity contribution in [3.05, 3.63) is 22.4 Å². The lowest BCUT2D eigenvalue weighted by molar-refractivity contribution is 0.0697. The molecule has 1 amide bonds. The molecule has 0 aromatic carbocycles. The largest absolute Gasteiger partial charge is 0.342 e. The Morgan fingerprint density at radius 2 is 2.39 bits per heavy atom. The predicted molar refractivity (Wildman–Crippen MR) is 75.5 cm³/mol. The first-order chi connectivity index (χ1) is 8.61. The lowest BCUT2D eigenvalue weighted by Crippen LogP contribution is -2.46. The van der Waals surface area contributed by atoms with E-state index in [1.54, 1.807) is 0 Å². The quantitative estimate of drug-likeness (QED) is 0.930. The van der Waals surface area contributed by atoms with Crippen LogP contribution in [0.3, 0.4) is 0 Å². The molecule has 0 spiro atoms. The molecule has 1 atom stereocenters. The Labute approximate surface area is 116 Å². The smallest absolute Gasteiger partial charge is 0.270 e. The Balaban J connectivity index is 2.17. The number of piperidine rings is 1. The number of amides is 1. The molecule has 1 unspecified atom stereocenters. The average molecular weight is 314 g/mol. The molecule has 2 N–H and O–H groups in total. The Morgan fingerprint density at radius 3 is 3.06 bits per heavy atom. The molecule has 2 heterocycles. The van der Waals surface area contributed by atoms with E-state index in [0.29, 0.717) is 6.54 Å². The van der Waals surface area contributed by atoms with Crippen LogP contribution in [0.25, 0.3) is 0 Å². The molecule has 5 heteroatoms. The van der Waals surface area contributed by atoms with Crippen LogP contribution in [-0.2, 0) is 6.54 Å². The predicted octanol–water partition coefficient (Wildman–Crippen LogP) is 2.22. The van der Waals surface area contributed by atoms with Crippen molar-refractivity contribution in [1.82, 2.24) is 9.47 Å². The molecule has 1 saturated heterocycles. The minimum atomic E-state index is 0.101. The summed E-state index contributed by atoms with van der Waals surface area (Å²) in [6.45, 7) is 4.47. The second kappa shape index (κ2) is 5.89. The number of hydrogen-bond acceptors (Lipinski definition) is 2. The zero-order valence-electron chi connectivity index (χ0n) is 10.7. The van der Waals surface area contributed by atoms with Gasteiger partial charge in [0.25, 0.3) is 5.91 Å². The van der Waals surface area contributed by atoms with Gasteiger partial charge in [-0.1, -0.05) is 6.92 Å². The fourth-order valence-corrected chi connectivity index (χ4v) is 2.90. The maximum absolute atomic E-state index is 12.5. The molecule has 1 fully saturated rings. The highest BCUT2D eigenvalue weighted by Crippen LogP contribution is 2.19. The number of rotatable bonds is 3. The minimum absolute atomic E-state index is 0.101. The van der Waals surface area contributed by atoms with Crippen LogP contribution in [0.1, 0.15) is 36.7 Å². The molecule has 0 aliphatic carbocycles. The van der Waals surface area contributed by atoms with Gasteiger partial charge in [0.15, 0.2) is 0 Å². The number of halogens is 1. The van der Waals surface area contributed by atoms with Crippen molar-refractivity contribution < 1.29 is 4.79 Å². The van der Waals surface area contributed by atoms with Crippen molar-refractivity contribution >= 4 is 21.8 Å². The van der Waals surface area contributed by atoms with Gasteiger partial charge < -0.3 is 15.2 Å². The third-order valence-corrected chi connectivity index (χ3v) is 3.73. The lowest BCUT2D eigenvalue weighted by atomic mass is 10.1. The van der Waals surface area contributed by atoms with Crippen molar-refractivity contribution in [2.24, 2.45) is 5.73 Å². The minimum Gasteiger partial charge on any atom is -0.342 e. The third-order valence-electron chi connectivity index (χ3n) is 3.29. The fourth-order valence-electron chi connectivity index (χ4n) is 2.44. The Bertz CT molecular complexity index is 430. The van der Waals surface area contributed by atoms with Gasteiger partial charge in [-0.2, -0.15) is 0 Å². The highest BCUT2D eigenvalue weighted by molar-refractivity contribution is 9.10. The lowest BCUT2D eigenvalue weighted by Gasteiger charge is -2.31. The molecule has 1 aliphatic rings. The Hall–Kier alpha value is -0.810. The van der Waals surface area contributed by atoms with Crippen LogP contribution in [0, 0.1) is 0 Å². The van der Waals surface area contributed by atoms with E-state index in [1.165, 1.54) is 0 Å². The van der Waals surface area contributed by atoms with Gasteiger partial charge in [-0.25, -0.2) is 0 Å². The van der Waals surface area contributed by atoms with Gasteiger partial charge in [-0.05, 0) is 41.3 Å². The number of carbonyl (C=O) groups excluding carboxylic acids is 1. The average Bonchev–Trinajstić information content (AvgIpc) is 2.70. The maximum atomic E-state index is 12.5. The Morgan fingerprint density at radius 1 is 1.61 bits per heavy atom. The SMILES string of the molecule is CCCn1cc(Br)cc1C(=O)N1CCCC(N)C1. The van der Waals surface area contributed by atoms with Crippen LogP contribution in [0.15, 0.2) is 16.7 Å². The zero-order chi connectivity index (χ0) is 13.1. The van der Waals surface area contributed by atoms with Gasteiger partial charge in [-0.3, -0.25) is 4.79 Å². The van der Waals surface area contributed by atoms with Crippen LogP contribution < -0.4 is 5.73 Å². The molecule has 0 radical (unpaired) electrons. The van der Waals surface area contributed by atoms with Crippen molar-refractivity contribution in [2.75, 3.05) is 13.1 Å². The summed E-state index contributed by atoms with van der Waals surface area (Å²) in [5.41, 5.74) is 6.69. The van der Waals surface area contributed by atoms with Crippen molar-refractivity contribution in [1.29, 1.82) is 0 Å². The van der Waals surface area contributed by atoms with E-state index in [0.717, 1.165) is 42.5 Å². The van der Waals surface area contributed by atoms with Gasteiger partial charge in [-0.15, -0.1) is 0 Å². The van der Waals surface area contributed by atoms with Gasteiger partial charge >= 0.3 is 0 Å². The number of aromatic nitrogens is 1. The van der Waals surface area contributed by atoms with E-state index < -0.39 is 0 Å². The molecule has 18 heavy (non-hydrogen) atoms. The Kier molecular flexibility index (Phi) is 4.45. The van der Waals surface area contributed by atoms with Crippen LogP contribution in [-0.4, -0.2) is 34.5 Å². The molecule has 1 aliphatic heterocycles. The van der Waals surface area contributed by atoms with Gasteiger partial charge in [0, 0.05) is 36.3 Å². The van der Waals surface area contributed by atoms with Gasteiger partial charge in [0.1, 0.15) is 5.69 Å². The van der Waals surface area contributed by atoms with E-state index in [2.05, 4.69) is 22.9 Å². The third kappa shape index (κ3) is 2.95. The fraction of sp³-hybridized carbons (Fsp3) is 0.615. The summed E-state index contributed by atoms with van der Waals surface area (Å²) >= 11 is 3.44. The molecule has 100 valence electrons. The second-order valence-corrected chi connectivity index (χ2v) is 5.81. The first-order valence-electron chi connectivity index (χ1n) is 6.52. The number of aryl methyl sites for hydroxylation is 1. The monoisotopic (exact) mass is 313 g/mol. The summed E-state index contributed by atoms with van der Waals surface area (Å²) in [5, 5.41) is 0. The summed E-state index contributed by atoms with van der Waals surface area (Å²) in [6.07, 6.45) is 5.01. The van der Waals surface area contributed by atoms with E-state index in [9.17, 15) is 4.79 Å². The molecule has 0 bridgehead atoms. The zero-order valence-corrected chi connectivity index (χ0v) is 12.3. The molecule has 1 aromatic heterocycles. The standard InChI is InChI=1S/C13H20BrN3O/c1-2-5-16-8-10(14)7-12(16)13(18)17-6-3-4-11(15)9-17/h7-8,11H,2-6,9,15H2,1H3. The second-order valence-electron chi connectivity index (χ2n) is 4.89. The number of nitrogens with zero attached hydrogens (tertiary/aromatic N) is 2. The number of carbonyl (C=O) groups is 1. The highest BCUT2D eigenvalue weighted by Gasteiger charge is 2.24. The van der Waals surface area contributed by atoms with Crippen molar-refractivity contribution in [3.63, 3.8) is 0 Å². The molecule has 2 rings (SSSR count). The first-order valence-corrected chi connectivity index (χ1v) is 7.31. The molecule has 0 saturated carbocycles. The molecule has 1 aromatic rings. The van der Waals surface area contributed by atoms with E-state index >= 15 is 0 Å². The number of hydrogen-bond donors (Lipinski definition) is 1. The number of likely N-dealkylation sites (tertiary alicyclic amines) is 1.